The van der Waals surface area contributed by atoms with Gasteiger partial charge < -0.3 is 5.73 Å². The summed E-state index contributed by atoms with van der Waals surface area (Å²) in [6, 6.07) is 0.275. The van der Waals surface area contributed by atoms with Gasteiger partial charge in [-0.25, -0.2) is 0 Å². The predicted octanol–water partition coefficient (Wildman–Crippen LogP) is 1.86. The molecule has 1 heteroatoms. The molecule has 0 aromatic heterocycles. The molecule has 0 amide bonds. The van der Waals surface area contributed by atoms with Gasteiger partial charge in [-0.15, -0.1) is 0 Å². The first kappa shape index (κ1) is 7.55. The summed E-state index contributed by atoms with van der Waals surface area (Å²) in [6.07, 6.45) is 6.67. The molecule has 10 heavy (non-hydrogen) atoms. The van der Waals surface area contributed by atoms with E-state index >= 15 is 0 Å². The van der Waals surface area contributed by atoms with Gasteiger partial charge in [0.1, 0.15) is 0 Å². The van der Waals surface area contributed by atoms with Gasteiger partial charge in [0.05, 0.1) is 0 Å². The van der Waals surface area contributed by atoms with Gasteiger partial charge in [0, 0.05) is 6.04 Å². The lowest BCUT2D eigenvalue weighted by molar-refractivity contribution is 0.710. The topological polar surface area (TPSA) is 26.0 Å². The molecular formula is C9H15N. The van der Waals surface area contributed by atoms with E-state index in [1.165, 1.54) is 12.8 Å². The lowest BCUT2D eigenvalue weighted by atomic mass is 10.1. The zero-order chi connectivity index (χ0) is 7.56. The van der Waals surface area contributed by atoms with Crippen LogP contribution in [0.5, 0.6) is 0 Å². The van der Waals surface area contributed by atoms with E-state index in [1.807, 2.05) is 13.0 Å². The molecule has 0 spiro atoms. The van der Waals surface area contributed by atoms with Crippen LogP contribution in [-0.4, -0.2) is 6.04 Å². The lowest BCUT2D eigenvalue weighted by Crippen LogP contribution is -2.18. The minimum atomic E-state index is 0.275. The van der Waals surface area contributed by atoms with Crippen LogP contribution in [0.3, 0.4) is 0 Å². The summed E-state index contributed by atoms with van der Waals surface area (Å²) in [5, 5.41) is 0. The van der Waals surface area contributed by atoms with Crippen LogP contribution in [0.1, 0.15) is 19.8 Å². The maximum Gasteiger partial charge on any atom is 0.0255 e. The van der Waals surface area contributed by atoms with Gasteiger partial charge in [0.25, 0.3) is 0 Å². The minimum Gasteiger partial charge on any atom is -0.324 e. The third-order valence-corrected chi connectivity index (χ3v) is 1.77. The van der Waals surface area contributed by atoms with Crippen molar-refractivity contribution >= 4 is 0 Å². The van der Waals surface area contributed by atoms with Crippen molar-refractivity contribution in [1.82, 2.24) is 0 Å². The molecule has 0 radical (unpaired) electrons. The van der Waals surface area contributed by atoms with E-state index < -0.39 is 0 Å². The SMILES string of the molecule is C=C(C)/C=C/C(N)C1CC1. The molecule has 0 heterocycles. The maximum absolute atomic E-state index is 5.80. The van der Waals surface area contributed by atoms with Gasteiger partial charge in [0.2, 0.25) is 0 Å². The summed E-state index contributed by atoms with van der Waals surface area (Å²) in [4.78, 5) is 0. The molecule has 56 valence electrons. The van der Waals surface area contributed by atoms with E-state index in [9.17, 15) is 0 Å². The second-order valence-electron chi connectivity index (χ2n) is 3.12. The van der Waals surface area contributed by atoms with Crippen LogP contribution in [0.4, 0.5) is 0 Å². The standard InChI is InChI=1S/C9H15N/c1-7(2)3-6-9(10)8-4-5-8/h3,6,8-9H,1,4-5,10H2,2H3/b6-3+. The molecule has 1 fully saturated rings. The minimum absolute atomic E-state index is 0.275. The molecule has 1 aliphatic rings. The summed E-state index contributed by atoms with van der Waals surface area (Å²) in [5.41, 5.74) is 6.88. The van der Waals surface area contributed by atoms with Crippen LogP contribution < -0.4 is 5.73 Å². The Morgan fingerprint density at radius 3 is 2.70 bits per heavy atom. The van der Waals surface area contributed by atoms with Gasteiger partial charge in [-0.3, -0.25) is 0 Å². The lowest BCUT2D eigenvalue weighted by Gasteiger charge is -2.01. The van der Waals surface area contributed by atoms with Crippen LogP contribution in [0.25, 0.3) is 0 Å². The Kier molecular flexibility index (Phi) is 2.28. The van der Waals surface area contributed by atoms with Crippen LogP contribution in [0.2, 0.25) is 0 Å². The summed E-state index contributed by atoms with van der Waals surface area (Å²) >= 11 is 0. The molecule has 1 unspecified atom stereocenters. The van der Waals surface area contributed by atoms with Crippen LogP contribution >= 0.6 is 0 Å². The number of rotatable bonds is 3. The Bertz CT molecular complexity index is 154. The van der Waals surface area contributed by atoms with Crippen LogP contribution in [0.15, 0.2) is 24.3 Å². The first-order valence-corrected chi connectivity index (χ1v) is 3.79. The van der Waals surface area contributed by atoms with Crippen molar-refractivity contribution < 1.29 is 0 Å². The zero-order valence-corrected chi connectivity index (χ0v) is 6.51. The van der Waals surface area contributed by atoms with Crippen LogP contribution in [-0.2, 0) is 0 Å². The number of hydrogen-bond donors (Lipinski definition) is 1. The molecule has 1 aliphatic carbocycles. The van der Waals surface area contributed by atoms with Gasteiger partial charge in [-0.05, 0) is 25.7 Å². The second-order valence-corrected chi connectivity index (χ2v) is 3.12. The fourth-order valence-electron chi connectivity index (χ4n) is 0.914. The monoisotopic (exact) mass is 137 g/mol. The molecule has 0 saturated heterocycles. The van der Waals surface area contributed by atoms with Crippen molar-refractivity contribution in [1.29, 1.82) is 0 Å². The molecule has 1 atom stereocenters. The average molecular weight is 137 g/mol. The molecule has 0 aromatic rings. The molecule has 0 aliphatic heterocycles. The normalized spacial score (nSPS) is 21.4. The van der Waals surface area contributed by atoms with Crippen molar-refractivity contribution in [3.05, 3.63) is 24.3 Å². The summed E-state index contributed by atoms with van der Waals surface area (Å²) in [7, 11) is 0. The highest BCUT2D eigenvalue weighted by Crippen LogP contribution is 2.31. The molecule has 1 nitrogen and oxygen atoms in total. The van der Waals surface area contributed by atoms with Crippen molar-refractivity contribution in [2.24, 2.45) is 11.7 Å². The van der Waals surface area contributed by atoms with Gasteiger partial charge in [0.15, 0.2) is 0 Å². The van der Waals surface area contributed by atoms with E-state index in [0.717, 1.165) is 11.5 Å². The molecule has 0 aromatic carbocycles. The van der Waals surface area contributed by atoms with Gasteiger partial charge in [-0.2, -0.15) is 0 Å². The number of nitrogens with two attached hydrogens (primary N) is 1. The van der Waals surface area contributed by atoms with Crippen LogP contribution in [0, 0.1) is 5.92 Å². The fourth-order valence-corrected chi connectivity index (χ4v) is 0.914. The zero-order valence-electron chi connectivity index (χ0n) is 6.51. The largest absolute Gasteiger partial charge is 0.324 e. The van der Waals surface area contributed by atoms with E-state index in [1.54, 1.807) is 0 Å². The van der Waals surface area contributed by atoms with Crippen molar-refractivity contribution in [3.8, 4) is 0 Å². The number of allylic oxidation sites excluding steroid dienone is 2. The smallest absolute Gasteiger partial charge is 0.0255 e. The molecular weight excluding hydrogens is 122 g/mol. The Labute approximate surface area is 62.6 Å². The Hall–Kier alpha value is -0.560. The Morgan fingerprint density at radius 1 is 1.70 bits per heavy atom. The van der Waals surface area contributed by atoms with E-state index in [-0.39, 0.29) is 6.04 Å². The second kappa shape index (κ2) is 3.02. The summed E-state index contributed by atoms with van der Waals surface area (Å²) in [6.45, 7) is 5.75. The first-order chi connectivity index (χ1) is 4.70. The van der Waals surface area contributed by atoms with Crippen molar-refractivity contribution in [2.45, 2.75) is 25.8 Å². The molecule has 2 N–H and O–H groups in total. The quantitative estimate of drug-likeness (QED) is 0.590. The van der Waals surface area contributed by atoms with Gasteiger partial charge >= 0.3 is 0 Å². The Morgan fingerprint density at radius 2 is 2.30 bits per heavy atom. The van der Waals surface area contributed by atoms with Gasteiger partial charge in [-0.1, -0.05) is 24.3 Å². The maximum atomic E-state index is 5.80. The van der Waals surface area contributed by atoms with Crippen molar-refractivity contribution in [2.75, 3.05) is 0 Å². The highest BCUT2D eigenvalue weighted by molar-refractivity contribution is 5.14. The van der Waals surface area contributed by atoms with E-state index in [4.69, 9.17) is 5.73 Å². The number of hydrogen-bond acceptors (Lipinski definition) is 1. The summed E-state index contributed by atoms with van der Waals surface area (Å²) in [5.74, 6) is 0.760. The fraction of sp³-hybridized carbons (Fsp3) is 0.556. The van der Waals surface area contributed by atoms with E-state index in [2.05, 4.69) is 12.7 Å². The first-order valence-electron chi connectivity index (χ1n) is 3.79. The molecule has 0 bridgehead atoms. The average Bonchev–Trinajstić information content (AvgIpc) is 2.63. The molecule has 1 rings (SSSR count). The highest BCUT2D eigenvalue weighted by atomic mass is 14.7. The highest BCUT2D eigenvalue weighted by Gasteiger charge is 2.26. The third-order valence-electron chi connectivity index (χ3n) is 1.77. The summed E-state index contributed by atoms with van der Waals surface area (Å²) < 4.78 is 0. The Balaban J connectivity index is 2.28. The van der Waals surface area contributed by atoms with E-state index in [0.29, 0.717) is 0 Å². The third kappa shape index (κ3) is 2.36. The van der Waals surface area contributed by atoms with Crippen molar-refractivity contribution in [3.63, 3.8) is 0 Å². The molecule has 1 saturated carbocycles. The predicted molar refractivity (Wildman–Crippen MR) is 44.7 cm³/mol.